The molecule has 1 aliphatic heterocycles. The van der Waals surface area contributed by atoms with Crippen LogP contribution >= 0.6 is 0 Å². The van der Waals surface area contributed by atoms with Gasteiger partial charge in [0.05, 0.1) is 0 Å². The van der Waals surface area contributed by atoms with E-state index in [1.807, 2.05) is 18.2 Å². The summed E-state index contributed by atoms with van der Waals surface area (Å²) >= 11 is 0. The van der Waals surface area contributed by atoms with Crippen molar-refractivity contribution in [1.82, 2.24) is 9.46 Å². The summed E-state index contributed by atoms with van der Waals surface area (Å²) in [5, 5.41) is 3.73. The van der Waals surface area contributed by atoms with Gasteiger partial charge in [0.1, 0.15) is 10.6 Å². The minimum absolute atomic E-state index is 0.176. The van der Waals surface area contributed by atoms with Crippen LogP contribution in [0.4, 0.5) is 5.69 Å². The molecular formula is C14H17N3O3S. The van der Waals surface area contributed by atoms with Crippen molar-refractivity contribution in [1.29, 1.82) is 0 Å². The van der Waals surface area contributed by atoms with Gasteiger partial charge in [0.25, 0.3) is 0 Å². The fourth-order valence-corrected chi connectivity index (χ4v) is 4.44. The van der Waals surface area contributed by atoms with Crippen molar-refractivity contribution in [2.75, 3.05) is 12.3 Å². The predicted octanol–water partition coefficient (Wildman–Crippen LogP) is 1.62. The van der Waals surface area contributed by atoms with E-state index in [1.54, 1.807) is 13.8 Å². The number of nitrogens with zero attached hydrogens (tertiary/aromatic N) is 2. The maximum absolute atomic E-state index is 12.8. The number of hydrogen-bond acceptors (Lipinski definition) is 5. The average Bonchev–Trinajstić information content (AvgIpc) is 2.77. The van der Waals surface area contributed by atoms with Crippen LogP contribution in [-0.4, -0.2) is 24.4 Å². The lowest BCUT2D eigenvalue weighted by Gasteiger charge is -2.28. The van der Waals surface area contributed by atoms with E-state index >= 15 is 0 Å². The van der Waals surface area contributed by atoms with Gasteiger partial charge in [-0.2, -0.15) is 4.31 Å². The Kier molecular flexibility index (Phi) is 3.26. The number of benzene rings is 1. The maximum atomic E-state index is 12.8. The van der Waals surface area contributed by atoms with E-state index in [0.717, 1.165) is 11.1 Å². The third kappa shape index (κ3) is 2.32. The van der Waals surface area contributed by atoms with E-state index in [9.17, 15) is 8.42 Å². The van der Waals surface area contributed by atoms with Crippen molar-refractivity contribution in [3.63, 3.8) is 0 Å². The van der Waals surface area contributed by atoms with E-state index in [1.165, 1.54) is 4.31 Å². The maximum Gasteiger partial charge on any atom is 0.248 e. The van der Waals surface area contributed by atoms with Gasteiger partial charge in [-0.25, -0.2) is 8.42 Å². The van der Waals surface area contributed by atoms with Crippen LogP contribution in [0.5, 0.6) is 0 Å². The van der Waals surface area contributed by atoms with Gasteiger partial charge in [-0.1, -0.05) is 11.2 Å². The highest BCUT2D eigenvalue weighted by Crippen LogP contribution is 2.29. The standard InChI is InChI=1S/C14H17N3O3S/c1-9-14(10(2)20-16-9)21(18,19)17-6-5-11-3-4-13(15)7-12(11)8-17/h3-4,7H,5-6,8,15H2,1-2H3. The summed E-state index contributed by atoms with van der Waals surface area (Å²) in [5.41, 5.74) is 8.93. The summed E-state index contributed by atoms with van der Waals surface area (Å²) in [6, 6.07) is 5.65. The zero-order chi connectivity index (χ0) is 15.2. The molecular weight excluding hydrogens is 290 g/mol. The highest BCUT2D eigenvalue weighted by molar-refractivity contribution is 7.89. The van der Waals surface area contributed by atoms with E-state index in [4.69, 9.17) is 10.3 Å². The topological polar surface area (TPSA) is 89.4 Å². The van der Waals surface area contributed by atoms with E-state index in [2.05, 4.69) is 5.16 Å². The molecule has 112 valence electrons. The number of aryl methyl sites for hydroxylation is 2. The Balaban J connectivity index is 1.99. The minimum atomic E-state index is -3.60. The SMILES string of the molecule is Cc1noc(C)c1S(=O)(=O)N1CCc2ccc(N)cc2C1. The molecule has 0 amide bonds. The molecule has 0 aliphatic carbocycles. The molecule has 0 atom stereocenters. The molecule has 2 N–H and O–H groups in total. The Hall–Kier alpha value is -1.86. The molecule has 2 aromatic rings. The zero-order valence-electron chi connectivity index (χ0n) is 12.0. The second-order valence-electron chi connectivity index (χ2n) is 5.27. The molecule has 0 spiro atoms. The van der Waals surface area contributed by atoms with E-state index < -0.39 is 10.0 Å². The Morgan fingerprint density at radius 3 is 2.71 bits per heavy atom. The van der Waals surface area contributed by atoms with Crippen LogP contribution < -0.4 is 5.73 Å². The molecule has 0 fully saturated rings. The Morgan fingerprint density at radius 1 is 1.29 bits per heavy atom. The molecule has 1 aromatic heterocycles. The number of hydrogen-bond donors (Lipinski definition) is 1. The van der Waals surface area contributed by atoms with Gasteiger partial charge < -0.3 is 10.3 Å². The van der Waals surface area contributed by atoms with E-state index in [0.29, 0.717) is 36.7 Å². The van der Waals surface area contributed by atoms with Gasteiger partial charge in [-0.3, -0.25) is 0 Å². The van der Waals surface area contributed by atoms with Crippen LogP contribution in [0.3, 0.4) is 0 Å². The number of fused-ring (bicyclic) bond motifs is 1. The van der Waals surface area contributed by atoms with Crippen molar-refractivity contribution >= 4 is 15.7 Å². The predicted molar refractivity (Wildman–Crippen MR) is 78.1 cm³/mol. The molecule has 0 radical (unpaired) electrons. The molecule has 2 heterocycles. The quantitative estimate of drug-likeness (QED) is 0.852. The van der Waals surface area contributed by atoms with Crippen LogP contribution in [0.1, 0.15) is 22.6 Å². The van der Waals surface area contributed by atoms with Gasteiger partial charge in [-0.05, 0) is 43.5 Å². The fraction of sp³-hybridized carbons (Fsp3) is 0.357. The summed E-state index contributed by atoms with van der Waals surface area (Å²) in [5.74, 6) is 0.325. The van der Waals surface area contributed by atoms with E-state index in [-0.39, 0.29) is 4.90 Å². The van der Waals surface area contributed by atoms with Crippen LogP contribution in [-0.2, 0) is 23.0 Å². The van der Waals surface area contributed by atoms with Crippen molar-refractivity contribution in [3.05, 3.63) is 40.8 Å². The van der Waals surface area contributed by atoms with Gasteiger partial charge in [-0.15, -0.1) is 0 Å². The van der Waals surface area contributed by atoms with Crippen molar-refractivity contribution in [3.8, 4) is 0 Å². The lowest BCUT2D eigenvalue weighted by molar-refractivity contribution is 0.382. The van der Waals surface area contributed by atoms with Gasteiger partial charge in [0.2, 0.25) is 10.0 Å². The lowest BCUT2D eigenvalue weighted by atomic mass is 10.0. The van der Waals surface area contributed by atoms with Crippen LogP contribution in [0.25, 0.3) is 0 Å². The Labute approximate surface area is 123 Å². The second kappa shape index (κ2) is 4.85. The monoisotopic (exact) mass is 307 g/mol. The summed E-state index contributed by atoms with van der Waals surface area (Å²) < 4.78 is 32.0. The number of nitrogen functional groups attached to an aromatic ring is 1. The molecule has 6 nitrogen and oxygen atoms in total. The molecule has 1 aromatic carbocycles. The van der Waals surface area contributed by atoms with Crippen molar-refractivity contribution in [2.24, 2.45) is 0 Å². The fourth-order valence-electron chi connectivity index (χ4n) is 2.73. The highest BCUT2D eigenvalue weighted by Gasteiger charge is 2.33. The lowest BCUT2D eigenvalue weighted by Crippen LogP contribution is -2.36. The first-order chi connectivity index (χ1) is 9.89. The first-order valence-electron chi connectivity index (χ1n) is 6.70. The minimum Gasteiger partial charge on any atom is -0.399 e. The third-order valence-electron chi connectivity index (χ3n) is 3.77. The largest absolute Gasteiger partial charge is 0.399 e. The number of rotatable bonds is 2. The van der Waals surface area contributed by atoms with Crippen LogP contribution in [0.2, 0.25) is 0 Å². The number of aromatic nitrogens is 1. The van der Waals surface area contributed by atoms with Gasteiger partial charge in [0.15, 0.2) is 5.76 Å². The van der Waals surface area contributed by atoms with Crippen LogP contribution in [0, 0.1) is 13.8 Å². The zero-order valence-corrected chi connectivity index (χ0v) is 12.8. The molecule has 0 bridgehead atoms. The van der Waals surface area contributed by atoms with Gasteiger partial charge >= 0.3 is 0 Å². The van der Waals surface area contributed by atoms with Crippen molar-refractivity contribution < 1.29 is 12.9 Å². The number of anilines is 1. The smallest absolute Gasteiger partial charge is 0.248 e. The first kappa shape index (κ1) is 14.1. The molecule has 0 saturated heterocycles. The van der Waals surface area contributed by atoms with Crippen molar-refractivity contribution in [2.45, 2.75) is 31.7 Å². The average molecular weight is 307 g/mol. The Morgan fingerprint density at radius 2 is 2.05 bits per heavy atom. The molecule has 3 rings (SSSR count). The summed E-state index contributed by atoms with van der Waals surface area (Å²) in [4.78, 5) is 0.176. The normalized spacial score (nSPS) is 15.9. The number of nitrogens with two attached hydrogens (primary N) is 1. The Bertz CT molecular complexity index is 776. The second-order valence-corrected chi connectivity index (χ2v) is 7.14. The third-order valence-corrected chi connectivity index (χ3v) is 5.86. The summed E-state index contributed by atoms with van der Waals surface area (Å²) in [6.45, 7) is 4.03. The van der Waals surface area contributed by atoms with Gasteiger partial charge in [0, 0.05) is 18.8 Å². The summed E-state index contributed by atoms with van der Waals surface area (Å²) in [6.07, 6.45) is 0.679. The molecule has 7 heteroatoms. The number of sulfonamides is 1. The molecule has 0 saturated carbocycles. The first-order valence-corrected chi connectivity index (χ1v) is 8.14. The molecule has 1 aliphatic rings. The van der Waals surface area contributed by atoms with Crippen LogP contribution in [0.15, 0.2) is 27.6 Å². The molecule has 0 unspecified atom stereocenters. The molecule has 21 heavy (non-hydrogen) atoms. The summed E-state index contributed by atoms with van der Waals surface area (Å²) in [7, 11) is -3.60. The highest BCUT2D eigenvalue weighted by atomic mass is 32.2.